The number of aliphatic imine (C=N–C) groups is 1. The van der Waals surface area contributed by atoms with Crippen molar-refractivity contribution in [2.24, 2.45) is 4.99 Å². The minimum atomic E-state index is -0.725. The lowest BCUT2D eigenvalue weighted by atomic mass is 10.2. The van der Waals surface area contributed by atoms with E-state index in [0.717, 1.165) is 4.57 Å². The molecule has 0 radical (unpaired) electrons. The van der Waals surface area contributed by atoms with Crippen LogP contribution in [-0.2, 0) is 0 Å². The summed E-state index contributed by atoms with van der Waals surface area (Å²) in [5.74, 6) is 0.195. The first-order chi connectivity index (χ1) is 11.9. The molecule has 0 aliphatic rings. The minimum absolute atomic E-state index is 0.0627. The SMILES string of the molecule is CCOc1ccc(-n2c(O)c(C=NCCN(C)C)c(=O)[nH]c2=O)cc1. The third kappa shape index (κ3) is 4.57. The Hall–Kier alpha value is -2.87. The zero-order chi connectivity index (χ0) is 18.4. The number of H-pyrrole nitrogens is 1. The smallest absolute Gasteiger partial charge is 0.335 e. The van der Waals surface area contributed by atoms with E-state index in [0.29, 0.717) is 31.1 Å². The highest BCUT2D eigenvalue weighted by Gasteiger charge is 2.14. The Bertz CT molecular complexity index is 850. The molecular formula is C17H22N4O4. The van der Waals surface area contributed by atoms with Crippen molar-refractivity contribution in [2.45, 2.75) is 6.92 Å². The summed E-state index contributed by atoms with van der Waals surface area (Å²) in [6, 6.07) is 6.61. The third-order valence-corrected chi connectivity index (χ3v) is 3.42. The van der Waals surface area contributed by atoms with Crippen molar-refractivity contribution in [1.82, 2.24) is 14.5 Å². The highest BCUT2D eigenvalue weighted by atomic mass is 16.5. The Labute approximate surface area is 145 Å². The molecule has 0 spiro atoms. The van der Waals surface area contributed by atoms with E-state index in [-0.39, 0.29) is 5.56 Å². The molecule has 0 amide bonds. The molecule has 8 nitrogen and oxygen atoms in total. The van der Waals surface area contributed by atoms with Gasteiger partial charge in [-0.1, -0.05) is 0 Å². The summed E-state index contributed by atoms with van der Waals surface area (Å²) in [5.41, 5.74) is -1.06. The van der Waals surface area contributed by atoms with Gasteiger partial charge in [-0.25, -0.2) is 9.36 Å². The van der Waals surface area contributed by atoms with E-state index in [2.05, 4.69) is 9.98 Å². The number of aromatic nitrogens is 2. The molecule has 0 aliphatic carbocycles. The van der Waals surface area contributed by atoms with Crippen LogP contribution in [0, 0.1) is 0 Å². The van der Waals surface area contributed by atoms with Crippen LogP contribution in [0.5, 0.6) is 11.6 Å². The van der Waals surface area contributed by atoms with Crippen LogP contribution >= 0.6 is 0 Å². The van der Waals surface area contributed by atoms with Crippen molar-refractivity contribution >= 4 is 6.21 Å². The highest BCUT2D eigenvalue weighted by Crippen LogP contribution is 2.18. The zero-order valence-corrected chi connectivity index (χ0v) is 14.5. The standard InChI is InChI=1S/C17H22N4O4/c1-4-25-13-7-5-12(6-8-13)21-16(23)14(15(22)19-17(21)24)11-18-9-10-20(2)3/h5-8,11,23H,4,9-10H2,1-3H3,(H,19,22,24). The molecule has 0 bridgehead atoms. The number of rotatable bonds is 7. The monoisotopic (exact) mass is 346 g/mol. The third-order valence-electron chi connectivity index (χ3n) is 3.42. The number of ether oxygens (including phenoxy) is 1. The lowest BCUT2D eigenvalue weighted by Crippen LogP contribution is -2.31. The molecule has 0 unspecified atom stereocenters. The van der Waals surface area contributed by atoms with Gasteiger partial charge >= 0.3 is 5.69 Å². The average Bonchev–Trinajstić information content (AvgIpc) is 2.55. The quantitative estimate of drug-likeness (QED) is 0.716. The van der Waals surface area contributed by atoms with E-state index in [1.54, 1.807) is 24.3 Å². The second-order valence-corrected chi connectivity index (χ2v) is 5.60. The number of aromatic hydroxyl groups is 1. The Morgan fingerprint density at radius 3 is 2.56 bits per heavy atom. The largest absolute Gasteiger partial charge is 0.494 e. The molecular weight excluding hydrogens is 324 g/mol. The fourth-order valence-electron chi connectivity index (χ4n) is 2.17. The van der Waals surface area contributed by atoms with Crippen LogP contribution in [0.4, 0.5) is 0 Å². The van der Waals surface area contributed by atoms with Gasteiger partial charge in [-0.15, -0.1) is 0 Å². The summed E-state index contributed by atoms with van der Waals surface area (Å²) in [4.78, 5) is 32.3. The molecule has 0 saturated heterocycles. The lowest BCUT2D eigenvalue weighted by Gasteiger charge is -2.10. The predicted octanol–water partition coefficient (Wildman–Crippen LogP) is 0.611. The van der Waals surface area contributed by atoms with Crippen molar-refractivity contribution in [2.75, 3.05) is 33.8 Å². The second kappa shape index (κ2) is 8.29. The maximum atomic E-state index is 12.1. The van der Waals surface area contributed by atoms with Crippen molar-refractivity contribution in [3.8, 4) is 17.3 Å². The fourth-order valence-corrected chi connectivity index (χ4v) is 2.17. The summed E-state index contributed by atoms with van der Waals surface area (Å²) >= 11 is 0. The van der Waals surface area contributed by atoms with Crippen LogP contribution in [-0.4, -0.2) is 59.6 Å². The van der Waals surface area contributed by atoms with E-state index in [4.69, 9.17) is 4.74 Å². The number of benzene rings is 1. The zero-order valence-electron chi connectivity index (χ0n) is 14.5. The van der Waals surface area contributed by atoms with Crippen molar-refractivity contribution in [1.29, 1.82) is 0 Å². The van der Waals surface area contributed by atoms with Gasteiger partial charge in [0.25, 0.3) is 5.56 Å². The van der Waals surface area contributed by atoms with Gasteiger partial charge in [-0.2, -0.15) is 0 Å². The summed E-state index contributed by atoms with van der Waals surface area (Å²) in [7, 11) is 3.82. The lowest BCUT2D eigenvalue weighted by molar-refractivity contribution is 0.340. The van der Waals surface area contributed by atoms with Gasteiger partial charge in [0.2, 0.25) is 5.88 Å². The van der Waals surface area contributed by atoms with Crippen LogP contribution in [0.1, 0.15) is 12.5 Å². The number of hydrogen-bond donors (Lipinski definition) is 2. The van der Waals surface area contributed by atoms with Gasteiger partial charge in [0, 0.05) is 12.8 Å². The number of likely N-dealkylation sites (N-methyl/N-ethyl adjacent to an activating group) is 1. The molecule has 134 valence electrons. The first kappa shape index (κ1) is 18.5. The second-order valence-electron chi connectivity index (χ2n) is 5.60. The van der Waals surface area contributed by atoms with Gasteiger partial charge in [-0.05, 0) is 45.3 Å². The summed E-state index contributed by atoms with van der Waals surface area (Å²) in [6.07, 6.45) is 1.28. The van der Waals surface area contributed by atoms with Gasteiger partial charge < -0.3 is 14.7 Å². The topological polar surface area (TPSA) is 99.9 Å². The summed E-state index contributed by atoms with van der Waals surface area (Å²) in [5, 5.41) is 10.4. The molecule has 0 saturated carbocycles. The van der Waals surface area contributed by atoms with Crippen molar-refractivity contribution < 1.29 is 9.84 Å². The molecule has 1 heterocycles. The molecule has 2 aromatic rings. The van der Waals surface area contributed by atoms with Crippen molar-refractivity contribution in [3.63, 3.8) is 0 Å². The minimum Gasteiger partial charge on any atom is -0.494 e. The fraction of sp³-hybridized carbons (Fsp3) is 0.353. The predicted molar refractivity (Wildman–Crippen MR) is 96.5 cm³/mol. The molecule has 1 aromatic heterocycles. The van der Waals surface area contributed by atoms with E-state index in [1.807, 2.05) is 25.9 Å². The maximum absolute atomic E-state index is 12.1. The first-order valence-electron chi connectivity index (χ1n) is 7.90. The van der Waals surface area contributed by atoms with Crippen LogP contribution < -0.4 is 16.0 Å². The van der Waals surface area contributed by atoms with E-state index >= 15 is 0 Å². The van der Waals surface area contributed by atoms with E-state index < -0.39 is 17.1 Å². The number of nitrogens with zero attached hydrogens (tertiary/aromatic N) is 3. The Kier molecular flexibility index (Phi) is 6.13. The number of aromatic amines is 1. The Morgan fingerprint density at radius 2 is 1.96 bits per heavy atom. The van der Waals surface area contributed by atoms with Gasteiger partial charge in [0.1, 0.15) is 11.3 Å². The molecule has 1 aromatic carbocycles. The van der Waals surface area contributed by atoms with Crippen LogP contribution in [0.3, 0.4) is 0 Å². The van der Waals surface area contributed by atoms with Gasteiger partial charge in [0.15, 0.2) is 0 Å². The molecule has 25 heavy (non-hydrogen) atoms. The summed E-state index contributed by atoms with van der Waals surface area (Å²) < 4.78 is 6.37. The van der Waals surface area contributed by atoms with Gasteiger partial charge in [-0.3, -0.25) is 14.8 Å². The van der Waals surface area contributed by atoms with Crippen molar-refractivity contribution in [3.05, 3.63) is 50.7 Å². The normalized spacial score (nSPS) is 11.4. The highest BCUT2D eigenvalue weighted by molar-refractivity contribution is 5.82. The molecule has 0 atom stereocenters. The van der Waals surface area contributed by atoms with Gasteiger partial charge in [0.05, 0.1) is 18.8 Å². The average molecular weight is 346 g/mol. The maximum Gasteiger partial charge on any atom is 0.335 e. The van der Waals surface area contributed by atoms with Crippen LogP contribution in [0.15, 0.2) is 38.8 Å². The summed E-state index contributed by atoms with van der Waals surface area (Å²) in [6.45, 7) is 3.56. The van der Waals surface area contributed by atoms with E-state index in [9.17, 15) is 14.7 Å². The first-order valence-corrected chi connectivity index (χ1v) is 7.90. The number of hydrogen-bond acceptors (Lipinski definition) is 6. The molecule has 2 N–H and O–H groups in total. The molecule has 0 fully saturated rings. The molecule has 0 aliphatic heterocycles. The Morgan fingerprint density at radius 1 is 1.28 bits per heavy atom. The Balaban J connectivity index is 2.40. The number of nitrogens with one attached hydrogen (secondary N) is 1. The molecule has 8 heteroatoms. The van der Waals surface area contributed by atoms with E-state index in [1.165, 1.54) is 6.21 Å². The molecule has 2 rings (SSSR count). The van der Waals surface area contributed by atoms with Crippen LogP contribution in [0.25, 0.3) is 5.69 Å². The van der Waals surface area contributed by atoms with Crippen LogP contribution in [0.2, 0.25) is 0 Å².